The zero-order valence-corrected chi connectivity index (χ0v) is 17.2. The molecular formula is C22H30N4O2. The Morgan fingerprint density at radius 2 is 1.96 bits per heavy atom. The number of benzene rings is 1. The first-order valence-corrected chi connectivity index (χ1v) is 9.98. The molecule has 1 fully saturated rings. The number of hydrogen-bond donors (Lipinski definition) is 1. The van der Waals surface area contributed by atoms with Gasteiger partial charge in [0.05, 0.1) is 17.7 Å². The number of likely N-dealkylation sites (tertiary alicyclic amines) is 1. The van der Waals surface area contributed by atoms with Gasteiger partial charge in [-0.2, -0.15) is 5.10 Å². The Balaban J connectivity index is 1.51. The van der Waals surface area contributed by atoms with Gasteiger partial charge in [-0.15, -0.1) is 0 Å². The van der Waals surface area contributed by atoms with E-state index in [2.05, 4.69) is 23.4 Å². The highest BCUT2D eigenvalue weighted by molar-refractivity contribution is 5.89. The third-order valence-corrected chi connectivity index (χ3v) is 5.49. The zero-order valence-electron chi connectivity index (χ0n) is 17.2. The van der Waals surface area contributed by atoms with E-state index in [0.717, 1.165) is 23.5 Å². The lowest BCUT2D eigenvalue weighted by Gasteiger charge is -2.25. The van der Waals surface area contributed by atoms with E-state index in [4.69, 9.17) is 0 Å². The molecule has 0 spiro atoms. The third kappa shape index (κ3) is 4.61. The molecule has 1 aliphatic heterocycles. The van der Waals surface area contributed by atoms with Gasteiger partial charge in [-0.25, -0.2) is 0 Å². The molecule has 150 valence electrons. The summed E-state index contributed by atoms with van der Waals surface area (Å²) in [6.45, 7) is 9.96. The zero-order chi connectivity index (χ0) is 20.3. The summed E-state index contributed by atoms with van der Waals surface area (Å²) in [5.74, 6) is 0.00136. The number of aromatic nitrogens is 2. The van der Waals surface area contributed by atoms with Gasteiger partial charge < -0.3 is 10.2 Å². The largest absolute Gasteiger partial charge is 0.355 e. The molecule has 6 heteroatoms. The molecular weight excluding hydrogens is 352 g/mol. The van der Waals surface area contributed by atoms with Gasteiger partial charge in [-0.1, -0.05) is 37.3 Å². The number of nitrogens with zero attached hydrogens (tertiary/aromatic N) is 3. The van der Waals surface area contributed by atoms with Crippen LogP contribution in [0.1, 0.15) is 43.3 Å². The van der Waals surface area contributed by atoms with Crippen LogP contribution in [0.15, 0.2) is 36.4 Å². The first-order chi connectivity index (χ1) is 13.3. The van der Waals surface area contributed by atoms with Crippen LogP contribution in [-0.2, 0) is 16.1 Å². The molecule has 2 heterocycles. The maximum absolute atomic E-state index is 12.6. The third-order valence-electron chi connectivity index (χ3n) is 5.49. The van der Waals surface area contributed by atoms with Crippen LogP contribution in [0.2, 0.25) is 0 Å². The van der Waals surface area contributed by atoms with Crippen LogP contribution in [0.3, 0.4) is 0 Å². The van der Waals surface area contributed by atoms with E-state index >= 15 is 0 Å². The van der Waals surface area contributed by atoms with E-state index in [-0.39, 0.29) is 36.1 Å². The van der Waals surface area contributed by atoms with Crippen LogP contribution in [-0.4, -0.2) is 39.6 Å². The summed E-state index contributed by atoms with van der Waals surface area (Å²) in [7, 11) is 0. The molecule has 6 nitrogen and oxygen atoms in total. The van der Waals surface area contributed by atoms with Crippen molar-refractivity contribution in [3.05, 3.63) is 53.3 Å². The average molecular weight is 383 g/mol. The van der Waals surface area contributed by atoms with Crippen molar-refractivity contribution in [2.24, 2.45) is 11.8 Å². The van der Waals surface area contributed by atoms with Crippen molar-refractivity contribution >= 4 is 11.8 Å². The maximum atomic E-state index is 12.6. The summed E-state index contributed by atoms with van der Waals surface area (Å²) in [5, 5.41) is 7.51. The lowest BCUT2D eigenvalue weighted by molar-refractivity contribution is -0.130. The average Bonchev–Trinajstić information content (AvgIpc) is 3.21. The highest BCUT2D eigenvalue weighted by atomic mass is 16.2. The molecule has 1 aromatic carbocycles. The van der Waals surface area contributed by atoms with Crippen molar-refractivity contribution in [1.29, 1.82) is 0 Å². The Labute approximate surface area is 166 Å². The maximum Gasteiger partial charge on any atom is 0.225 e. The standard InChI is InChI=1S/C22H30N4O2/c1-15(13-26-17(3)10-16(2)24-26)12-23-22(28)20-11-21(27)25(14-20)18(4)19-8-6-5-7-9-19/h5-10,15,18,20H,11-14H2,1-4H3,(H,23,28)/t15-,18+,20-/m1/s1. The SMILES string of the molecule is Cc1cc(C)n(C[C@H](C)CNC(=O)[C@@H]2CC(=O)N([C@@H](C)c3ccccc3)C2)n1. The summed E-state index contributed by atoms with van der Waals surface area (Å²) in [5.41, 5.74) is 3.23. The minimum atomic E-state index is -0.278. The van der Waals surface area contributed by atoms with Gasteiger partial charge in [-0.3, -0.25) is 14.3 Å². The molecule has 1 saturated heterocycles. The molecule has 3 rings (SSSR count). The van der Waals surface area contributed by atoms with E-state index < -0.39 is 0 Å². The van der Waals surface area contributed by atoms with E-state index in [0.29, 0.717) is 13.1 Å². The summed E-state index contributed by atoms with van der Waals surface area (Å²) in [6.07, 6.45) is 0.287. The van der Waals surface area contributed by atoms with Crippen molar-refractivity contribution in [2.75, 3.05) is 13.1 Å². The lowest BCUT2D eigenvalue weighted by atomic mass is 10.1. The summed E-state index contributed by atoms with van der Waals surface area (Å²) in [4.78, 5) is 26.9. The van der Waals surface area contributed by atoms with Gasteiger partial charge in [0.15, 0.2) is 0 Å². The van der Waals surface area contributed by atoms with E-state index in [1.807, 2.05) is 60.7 Å². The molecule has 1 aliphatic rings. The molecule has 28 heavy (non-hydrogen) atoms. The van der Waals surface area contributed by atoms with Crippen molar-refractivity contribution < 1.29 is 9.59 Å². The Morgan fingerprint density at radius 3 is 2.61 bits per heavy atom. The number of nitrogens with one attached hydrogen (secondary N) is 1. The first kappa shape index (κ1) is 20.1. The first-order valence-electron chi connectivity index (χ1n) is 9.98. The number of hydrogen-bond acceptors (Lipinski definition) is 3. The molecule has 0 radical (unpaired) electrons. The van der Waals surface area contributed by atoms with E-state index in [9.17, 15) is 9.59 Å². The van der Waals surface area contributed by atoms with Gasteiger partial charge in [0, 0.05) is 31.7 Å². The van der Waals surface area contributed by atoms with Gasteiger partial charge in [0.25, 0.3) is 0 Å². The molecule has 0 bridgehead atoms. The van der Waals surface area contributed by atoms with Gasteiger partial charge in [-0.05, 0) is 38.3 Å². The van der Waals surface area contributed by atoms with Crippen LogP contribution < -0.4 is 5.32 Å². The highest BCUT2D eigenvalue weighted by Crippen LogP contribution is 2.28. The fourth-order valence-corrected chi connectivity index (χ4v) is 3.83. The monoisotopic (exact) mass is 382 g/mol. The predicted molar refractivity (Wildman–Crippen MR) is 109 cm³/mol. The lowest BCUT2D eigenvalue weighted by Crippen LogP contribution is -2.36. The second kappa shape index (κ2) is 8.59. The summed E-state index contributed by atoms with van der Waals surface area (Å²) >= 11 is 0. The molecule has 0 saturated carbocycles. The van der Waals surface area contributed by atoms with Crippen molar-refractivity contribution in [3.8, 4) is 0 Å². The van der Waals surface area contributed by atoms with Crippen LogP contribution in [0.5, 0.6) is 0 Å². The Bertz CT molecular complexity index is 830. The molecule has 2 aromatic rings. The second-order valence-electron chi connectivity index (χ2n) is 7.99. The van der Waals surface area contributed by atoms with Crippen LogP contribution in [0.25, 0.3) is 0 Å². The molecule has 1 aromatic heterocycles. The normalized spacial score (nSPS) is 18.9. The smallest absolute Gasteiger partial charge is 0.225 e. The number of amides is 2. The van der Waals surface area contributed by atoms with Crippen molar-refractivity contribution in [3.63, 3.8) is 0 Å². The second-order valence-corrected chi connectivity index (χ2v) is 7.99. The summed E-state index contributed by atoms with van der Waals surface area (Å²) in [6, 6.07) is 12.0. The van der Waals surface area contributed by atoms with Crippen LogP contribution in [0, 0.1) is 25.7 Å². The molecule has 0 unspecified atom stereocenters. The fraction of sp³-hybridized carbons (Fsp3) is 0.500. The fourth-order valence-electron chi connectivity index (χ4n) is 3.83. The number of aryl methyl sites for hydroxylation is 2. The number of rotatable bonds is 7. The van der Waals surface area contributed by atoms with Gasteiger partial charge >= 0.3 is 0 Å². The molecule has 0 aliphatic carbocycles. The molecule has 2 amide bonds. The number of carbonyl (C=O) groups excluding carboxylic acids is 2. The van der Waals surface area contributed by atoms with Crippen LogP contribution >= 0.6 is 0 Å². The Kier molecular flexibility index (Phi) is 6.17. The molecule has 3 atom stereocenters. The van der Waals surface area contributed by atoms with Gasteiger partial charge in [0.1, 0.15) is 0 Å². The minimum Gasteiger partial charge on any atom is -0.355 e. The van der Waals surface area contributed by atoms with E-state index in [1.165, 1.54) is 0 Å². The summed E-state index contributed by atoms with van der Waals surface area (Å²) < 4.78 is 1.98. The van der Waals surface area contributed by atoms with Crippen molar-refractivity contribution in [2.45, 2.75) is 46.7 Å². The number of carbonyl (C=O) groups is 2. The van der Waals surface area contributed by atoms with Crippen molar-refractivity contribution in [1.82, 2.24) is 20.0 Å². The predicted octanol–water partition coefficient (Wildman–Crippen LogP) is 2.86. The van der Waals surface area contributed by atoms with Crippen LogP contribution in [0.4, 0.5) is 0 Å². The Hall–Kier alpha value is -2.63. The minimum absolute atomic E-state index is 0.0172. The molecule has 1 N–H and O–H groups in total. The van der Waals surface area contributed by atoms with Gasteiger partial charge in [0.2, 0.25) is 11.8 Å². The highest BCUT2D eigenvalue weighted by Gasteiger charge is 2.36. The quantitative estimate of drug-likeness (QED) is 0.801. The Morgan fingerprint density at radius 1 is 1.25 bits per heavy atom. The van der Waals surface area contributed by atoms with E-state index in [1.54, 1.807) is 0 Å². The topological polar surface area (TPSA) is 67.2 Å².